The molecule has 6 nitrogen and oxygen atoms in total. The van der Waals surface area contributed by atoms with Crippen molar-refractivity contribution in [2.24, 2.45) is 7.05 Å². The molecule has 0 saturated heterocycles. The van der Waals surface area contributed by atoms with Crippen molar-refractivity contribution in [2.75, 3.05) is 7.11 Å². The summed E-state index contributed by atoms with van der Waals surface area (Å²) < 4.78 is 113. The SMILES string of the molecule is COC(=O)c1cc(-c2cnn(-c3c(C(F)(F)F)c(C(F)(F)C(F)(F)F)nn3C)c2)sc1I. The molecule has 3 heterocycles. The van der Waals surface area contributed by atoms with Crippen LogP contribution in [0.1, 0.15) is 21.6 Å². The van der Waals surface area contributed by atoms with Crippen molar-refractivity contribution in [2.45, 2.75) is 18.3 Å². The molecule has 3 rings (SSSR count). The highest BCUT2D eigenvalue weighted by Crippen LogP contribution is 2.49. The molecule has 0 aromatic carbocycles. The Morgan fingerprint density at radius 2 is 1.78 bits per heavy atom. The molecule has 3 aromatic heterocycles. The Morgan fingerprint density at radius 1 is 1.16 bits per heavy atom. The molecule has 32 heavy (non-hydrogen) atoms. The number of carbonyl (C=O) groups is 1. The smallest absolute Gasteiger partial charge is 0.459 e. The van der Waals surface area contributed by atoms with Gasteiger partial charge in [-0.1, -0.05) is 0 Å². The van der Waals surface area contributed by atoms with Gasteiger partial charge in [0, 0.05) is 23.7 Å². The van der Waals surface area contributed by atoms with E-state index in [1.165, 1.54) is 6.07 Å². The molecule has 0 N–H and O–H groups in total. The second-order valence-electron chi connectivity index (χ2n) is 6.20. The van der Waals surface area contributed by atoms with Crippen LogP contribution in [0.2, 0.25) is 0 Å². The zero-order valence-corrected chi connectivity index (χ0v) is 18.6. The maximum atomic E-state index is 13.8. The standard InChI is InChI=1S/C16H9F8IN4O2S/c1-28-12(9(15(19,20)21)10(27-28)14(17,18)16(22,23)24)29-5-6(4-26-29)8-3-7(11(25)32-8)13(30)31-2/h3-5H,1-2H3. The maximum absolute atomic E-state index is 13.8. The number of hydrogen-bond acceptors (Lipinski definition) is 5. The number of nitrogens with zero attached hydrogens (tertiary/aromatic N) is 4. The number of aryl methyl sites for hydroxylation is 1. The largest absolute Gasteiger partial charge is 0.465 e. The number of thiophene rings is 1. The van der Waals surface area contributed by atoms with Crippen molar-refractivity contribution in [3.63, 3.8) is 0 Å². The predicted octanol–water partition coefficient (Wildman–Crippen LogP) is 5.40. The van der Waals surface area contributed by atoms with Crippen LogP contribution in [0, 0.1) is 2.88 Å². The number of aromatic nitrogens is 4. The molecule has 0 aliphatic heterocycles. The third kappa shape index (κ3) is 4.08. The van der Waals surface area contributed by atoms with Gasteiger partial charge in [0.05, 0.1) is 21.8 Å². The first-order valence-corrected chi connectivity index (χ1v) is 10.0. The molecule has 0 spiro atoms. The Labute approximate surface area is 190 Å². The first-order chi connectivity index (χ1) is 14.6. The maximum Gasteiger partial charge on any atom is 0.459 e. The summed E-state index contributed by atoms with van der Waals surface area (Å²) >= 11 is 2.91. The molecule has 174 valence electrons. The summed E-state index contributed by atoms with van der Waals surface area (Å²) in [5.41, 5.74) is -4.38. The van der Waals surface area contributed by atoms with Gasteiger partial charge in [-0.2, -0.15) is 45.3 Å². The van der Waals surface area contributed by atoms with Crippen molar-refractivity contribution in [1.29, 1.82) is 0 Å². The average molecular weight is 600 g/mol. The predicted molar refractivity (Wildman–Crippen MR) is 103 cm³/mol. The summed E-state index contributed by atoms with van der Waals surface area (Å²) in [5, 5.41) is 6.51. The average Bonchev–Trinajstić information content (AvgIpc) is 3.35. The number of esters is 1. The zero-order valence-electron chi connectivity index (χ0n) is 15.6. The Morgan fingerprint density at radius 3 is 2.31 bits per heavy atom. The van der Waals surface area contributed by atoms with E-state index < -0.39 is 41.3 Å². The lowest BCUT2D eigenvalue weighted by Gasteiger charge is -2.19. The van der Waals surface area contributed by atoms with Gasteiger partial charge in [0.25, 0.3) is 0 Å². The lowest BCUT2D eigenvalue weighted by Crippen LogP contribution is -2.36. The number of alkyl halides is 8. The third-order valence-electron chi connectivity index (χ3n) is 4.13. The molecule has 0 aliphatic carbocycles. The van der Waals surface area contributed by atoms with E-state index >= 15 is 0 Å². The lowest BCUT2D eigenvalue weighted by atomic mass is 10.1. The van der Waals surface area contributed by atoms with Crippen LogP contribution in [0.15, 0.2) is 18.5 Å². The van der Waals surface area contributed by atoms with Crippen LogP contribution in [0.4, 0.5) is 35.1 Å². The fraction of sp³-hybridized carbons (Fsp3) is 0.312. The minimum Gasteiger partial charge on any atom is -0.465 e. The summed E-state index contributed by atoms with van der Waals surface area (Å²) in [6.07, 6.45) is -9.84. The van der Waals surface area contributed by atoms with E-state index in [1.54, 1.807) is 0 Å². The number of halogens is 9. The number of carbonyl (C=O) groups excluding carboxylic acids is 1. The molecular weight excluding hydrogens is 591 g/mol. The molecule has 0 radical (unpaired) electrons. The second-order valence-corrected chi connectivity index (χ2v) is 9.07. The first kappa shape index (κ1) is 24.4. The van der Waals surface area contributed by atoms with Crippen LogP contribution in [-0.4, -0.2) is 38.8 Å². The van der Waals surface area contributed by atoms with Crippen LogP contribution in [0.5, 0.6) is 0 Å². The van der Waals surface area contributed by atoms with E-state index in [2.05, 4.69) is 14.9 Å². The molecule has 0 fully saturated rings. The highest BCUT2D eigenvalue weighted by molar-refractivity contribution is 14.1. The molecule has 0 bridgehead atoms. The van der Waals surface area contributed by atoms with Crippen LogP contribution in [0.3, 0.4) is 0 Å². The van der Waals surface area contributed by atoms with E-state index in [9.17, 15) is 39.9 Å². The van der Waals surface area contributed by atoms with Crippen LogP contribution in [-0.2, 0) is 23.9 Å². The monoisotopic (exact) mass is 600 g/mol. The Kier molecular flexibility index (Phi) is 6.07. The minimum atomic E-state index is -6.30. The van der Waals surface area contributed by atoms with Gasteiger partial charge in [0.15, 0.2) is 11.5 Å². The number of ether oxygens (including phenoxy) is 1. The van der Waals surface area contributed by atoms with Gasteiger partial charge in [-0.05, 0) is 28.7 Å². The first-order valence-electron chi connectivity index (χ1n) is 8.11. The quantitative estimate of drug-likeness (QED) is 0.229. The summed E-state index contributed by atoms with van der Waals surface area (Å²) in [6.45, 7) is 0. The van der Waals surface area contributed by atoms with Gasteiger partial charge in [-0.25, -0.2) is 14.2 Å². The zero-order chi connectivity index (χ0) is 24.2. The number of methoxy groups -OCH3 is 1. The van der Waals surface area contributed by atoms with Gasteiger partial charge >= 0.3 is 24.2 Å². The summed E-state index contributed by atoms with van der Waals surface area (Å²) in [6, 6.07) is 1.39. The molecule has 0 atom stereocenters. The molecular formula is C16H9F8IN4O2S. The van der Waals surface area contributed by atoms with Crippen molar-refractivity contribution in [3.05, 3.63) is 38.2 Å². The second kappa shape index (κ2) is 7.96. The summed E-state index contributed by atoms with van der Waals surface area (Å²) in [4.78, 5) is 12.1. The van der Waals surface area contributed by atoms with Crippen molar-refractivity contribution >= 4 is 39.9 Å². The fourth-order valence-corrected chi connectivity index (χ4v) is 4.65. The Bertz CT molecular complexity index is 1180. The van der Waals surface area contributed by atoms with Crippen molar-refractivity contribution in [1.82, 2.24) is 19.6 Å². The van der Waals surface area contributed by atoms with Crippen molar-refractivity contribution in [3.8, 4) is 16.3 Å². The molecule has 0 saturated carbocycles. The van der Waals surface area contributed by atoms with E-state index in [1.807, 2.05) is 22.6 Å². The third-order valence-corrected chi connectivity index (χ3v) is 6.34. The Balaban J connectivity index is 2.17. The van der Waals surface area contributed by atoms with Gasteiger partial charge in [-0.3, -0.25) is 0 Å². The molecule has 3 aromatic rings. The van der Waals surface area contributed by atoms with Crippen molar-refractivity contribution < 1.29 is 44.7 Å². The van der Waals surface area contributed by atoms with Gasteiger partial charge in [0.2, 0.25) is 0 Å². The number of rotatable bonds is 4. The summed E-state index contributed by atoms with van der Waals surface area (Å²) in [5.74, 6) is -7.65. The minimum absolute atomic E-state index is 0.182. The molecule has 0 unspecified atom stereocenters. The highest BCUT2D eigenvalue weighted by atomic mass is 127. The summed E-state index contributed by atoms with van der Waals surface area (Å²) in [7, 11) is 1.94. The topological polar surface area (TPSA) is 61.9 Å². The van der Waals surface area contributed by atoms with E-state index in [4.69, 9.17) is 0 Å². The van der Waals surface area contributed by atoms with E-state index in [0.29, 0.717) is 12.4 Å². The van der Waals surface area contributed by atoms with E-state index in [-0.39, 0.29) is 15.8 Å². The lowest BCUT2D eigenvalue weighted by molar-refractivity contribution is -0.292. The fourth-order valence-electron chi connectivity index (χ4n) is 2.72. The van der Waals surface area contributed by atoms with Crippen LogP contribution < -0.4 is 0 Å². The molecule has 0 amide bonds. The van der Waals surface area contributed by atoms with Gasteiger partial charge in [-0.15, -0.1) is 11.3 Å². The highest BCUT2D eigenvalue weighted by Gasteiger charge is 2.64. The van der Waals surface area contributed by atoms with Crippen LogP contribution in [0.25, 0.3) is 16.3 Å². The van der Waals surface area contributed by atoms with Gasteiger partial charge in [0.1, 0.15) is 5.56 Å². The molecule has 0 aliphatic rings. The number of hydrogen-bond donors (Lipinski definition) is 0. The van der Waals surface area contributed by atoms with Gasteiger partial charge < -0.3 is 4.74 Å². The normalized spacial score (nSPS) is 13.0. The van der Waals surface area contributed by atoms with E-state index in [0.717, 1.165) is 37.9 Å². The Hall–Kier alpha value is -2.24. The van der Waals surface area contributed by atoms with Crippen LogP contribution >= 0.6 is 33.9 Å². The molecule has 16 heteroatoms.